The van der Waals surface area contributed by atoms with E-state index in [1.54, 1.807) is 0 Å². The Bertz CT molecular complexity index is 1110. The number of hydrogen-bond acceptors (Lipinski definition) is 4. The van der Waals surface area contributed by atoms with Gasteiger partial charge < -0.3 is 9.64 Å². The number of ether oxygens (including phenoxy) is 1. The van der Waals surface area contributed by atoms with Crippen LogP contribution in [0.15, 0.2) is 36.4 Å². The third kappa shape index (κ3) is 4.32. The van der Waals surface area contributed by atoms with Crippen molar-refractivity contribution in [1.82, 2.24) is 9.80 Å². The van der Waals surface area contributed by atoms with Crippen molar-refractivity contribution in [3.63, 3.8) is 0 Å². The van der Waals surface area contributed by atoms with Crippen molar-refractivity contribution >= 4 is 5.91 Å². The van der Waals surface area contributed by atoms with Gasteiger partial charge in [0.15, 0.2) is 0 Å². The summed E-state index contributed by atoms with van der Waals surface area (Å²) in [5.41, 5.74) is 6.28. The van der Waals surface area contributed by atoms with E-state index in [0.29, 0.717) is 18.9 Å². The highest BCUT2D eigenvalue weighted by atomic mass is 16.5. The summed E-state index contributed by atoms with van der Waals surface area (Å²) in [4.78, 5) is 16.6. The number of amides is 1. The molecule has 0 radical (unpaired) electrons. The number of carbonyl (C=O) groups is 1. The van der Waals surface area contributed by atoms with Crippen LogP contribution in [0.1, 0.15) is 73.4 Å². The van der Waals surface area contributed by atoms with Gasteiger partial charge in [0, 0.05) is 19.5 Å². The first-order valence-electron chi connectivity index (χ1n) is 12.8. The van der Waals surface area contributed by atoms with Crippen molar-refractivity contribution < 1.29 is 9.53 Å². The first-order chi connectivity index (χ1) is 16.5. The standard InChI is InChI=1S/C29H35N3O2/c1-3-22-5-4-21(20-30)18-26(22)29(2)11-14-31(15-12-29)16-17-34-24-6-7-25-23(19-24)10-13-32-27(25)8-9-28(32)33/h4-7,18-19,27H,3,8-17H2,1-2H3. The Hall–Kier alpha value is -2.84. The first kappa shape index (κ1) is 22.9. The van der Waals surface area contributed by atoms with E-state index in [2.05, 4.69) is 55.1 Å². The van der Waals surface area contributed by atoms with Gasteiger partial charge in [0.2, 0.25) is 5.91 Å². The van der Waals surface area contributed by atoms with E-state index < -0.39 is 0 Å². The van der Waals surface area contributed by atoms with Gasteiger partial charge in [0.25, 0.3) is 0 Å². The molecule has 0 aromatic heterocycles. The normalized spacial score (nSPS) is 21.6. The minimum atomic E-state index is 0.129. The minimum absolute atomic E-state index is 0.129. The van der Waals surface area contributed by atoms with Crippen LogP contribution >= 0.6 is 0 Å². The zero-order valence-corrected chi connectivity index (χ0v) is 20.5. The van der Waals surface area contributed by atoms with Gasteiger partial charge in [0.05, 0.1) is 17.7 Å². The number of nitrogens with zero attached hydrogens (tertiary/aromatic N) is 3. The molecule has 1 atom stereocenters. The molecule has 3 aliphatic heterocycles. The third-order valence-corrected chi connectivity index (χ3v) is 8.33. The predicted molar refractivity (Wildman–Crippen MR) is 133 cm³/mol. The van der Waals surface area contributed by atoms with Crippen LogP contribution in [-0.2, 0) is 23.1 Å². The highest BCUT2D eigenvalue weighted by molar-refractivity contribution is 5.79. The molecule has 3 aliphatic rings. The number of nitriles is 1. The molecule has 34 heavy (non-hydrogen) atoms. The van der Waals surface area contributed by atoms with Gasteiger partial charge in [0.1, 0.15) is 12.4 Å². The molecule has 3 heterocycles. The zero-order valence-electron chi connectivity index (χ0n) is 20.5. The number of fused-ring (bicyclic) bond motifs is 3. The summed E-state index contributed by atoms with van der Waals surface area (Å²) in [5, 5.41) is 9.37. The van der Waals surface area contributed by atoms with E-state index in [0.717, 1.165) is 69.6 Å². The van der Waals surface area contributed by atoms with Crippen LogP contribution in [0.3, 0.4) is 0 Å². The van der Waals surface area contributed by atoms with Gasteiger partial charge in [-0.1, -0.05) is 26.0 Å². The lowest BCUT2D eigenvalue weighted by Gasteiger charge is -2.41. The fourth-order valence-corrected chi connectivity index (χ4v) is 6.14. The first-order valence-corrected chi connectivity index (χ1v) is 12.8. The lowest BCUT2D eigenvalue weighted by molar-refractivity contribution is -0.129. The number of hydrogen-bond donors (Lipinski definition) is 0. The Morgan fingerprint density at radius 3 is 2.71 bits per heavy atom. The van der Waals surface area contributed by atoms with E-state index in [-0.39, 0.29) is 11.5 Å². The summed E-state index contributed by atoms with van der Waals surface area (Å²) in [6.07, 6.45) is 5.76. The van der Waals surface area contributed by atoms with Gasteiger partial charge in [-0.2, -0.15) is 5.26 Å². The van der Waals surface area contributed by atoms with Gasteiger partial charge in [-0.3, -0.25) is 9.69 Å². The van der Waals surface area contributed by atoms with Crippen LogP contribution in [0.2, 0.25) is 0 Å². The Balaban J connectivity index is 1.15. The van der Waals surface area contributed by atoms with Gasteiger partial charge in [-0.15, -0.1) is 0 Å². The van der Waals surface area contributed by atoms with Crippen LogP contribution in [0.5, 0.6) is 5.75 Å². The number of piperidine rings is 1. The molecule has 2 aromatic rings. The van der Waals surface area contributed by atoms with Crippen LogP contribution in [0, 0.1) is 11.3 Å². The Labute approximate surface area is 203 Å². The van der Waals surface area contributed by atoms with Crippen molar-refractivity contribution in [3.05, 3.63) is 64.2 Å². The molecule has 1 unspecified atom stereocenters. The molecular formula is C29H35N3O2. The summed E-state index contributed by atoms with van der Waals surface area (Å²) >= 11 is 0. The monoisotopic (exact) mass is 457 g/mol. The second kappa shape index (κ2) is 9.43. The topological polar surface area (TPSA) is 56.6 Å². The Morgan fingerprint density at radius 2 is 1.94 bits per heavy atom. The number of rotatable bonds is 6. The van der Waals surface area contributed by atoms with Crippen LogP contribution in [0.25, 0.3) is 0 Å². The molecule has 2 saturated heterocycles. The maximum Gasteiger partial charge on any atom is 0.223 e. The maximum absolute atomic E-state index is 12.0. The van der Waals surface area contributed by atoms with Crippen molar-refractivity contribution in [2.75, 3.05) is 32.8 Å². The van der Waals surface area contributed by atoms with Crippen LogP contribution in [-0.4, -0.2) is 48.5 Å². The molecule has 1 amide bonds. The quantitative estimate of drug-likeness (QED) is 0.627. The summed E-state index contributed by atoms with van der Waals surface area (Å²) in [6.45, 7) is 9.12. The third-order valence-electron chi connectivity index (χ3n) is 8.33. The molecule has 2 fully saturated rings. The van der Waals surface area contributed by atoms with Gasteiger partial charge in [-0.25, -0.2) is 0 Å². The average molecular weight is 458 g/mol. The van der Waals surface area contributed by atoms with Crippen molar-refractivity contribution in [2.45, 2.75) is 63.8 Å². The number of carbonyl (C=O) groups excluding carboxylic acids is 1. The molecule has 0 bridgehead atoms. The largest absolute Gasteiger partial charge is 0.492 e. The van der Waals surface area contributed by atoms with E-state index in [1.165, 1.54) is 22.3 Å². The lowest BCUT2D eigenvalue weighted by Crippen LogP contribution is -2.42. The Morgan fingerprint density at radius 1 is 1.12 bits per heavy atom. The lowest BCUT2D eigenvalue weighted by atomic mass is 9.72. The molecule has 0 N–H and O–H groups in total. The zero-order chi connectivity index (χ0) is 23.7. The molecule has 0 spiro atoms. The molecule has 178 valence electrons. The summed E-state index contributed by atoms with van der Waals surface area (Å²) < 4.78 is 6.15. The van der Waals surface area contributed by atoms with Crippen molar-refractivity contribution in [3.8, 4) is 11.8 Å². The molecule has 5 rings (SSSR count). The Kier molecular flexibility index (Phi) is 6.36. The maximum atomic E-state index is 12.0. The summed E-state index contributed by atoms with van der Waals surface area (Å²) in [5.74, 6) is 1.25. The van der Waals surface area contributed by atoms with E-state index in [4.69, 9.17) is 4.74 Å². The average Bonchev–Trinajstić information content (AvgIpc) is 3.25. The van der Waals surface area contributed by atoms with E-state index in [1.807, 2.05) is 11.0 Å². The van der Waals surface area contributed by atoms with E-state index in [9.17, 15) is 10.1 Å². The SMILES string of the molecule is CCc1ccc(C#N)cc1C1(C)CCN(CCOc2ccc3c(c2)CCN2C(=O)CCC32)CC1. The summed E-state index contributed by atoms with van der Waals surface area (Å²) in [7, 11) is 0. The van der Waals surface area contributed by atoms with Gasteiger partial charge >= 0.3 is 0 Å². The fraction of sp³-hybridized carbons (Fsp3) is 0.517. The second-order valence-electron chi connectivity index (χ2n) is 10.3. The smallest absolute Gasteiger partial charge is 0.223 e. The fourth-order valence-electron chi connectivity index (χ4n) is 6.14. The molecule has 0 aliphatic carbocycles. The van der Waals surface area contributed by atoms with Crippen molar-refractivity contribution in [2.24, 2.45) is 0 Å². The highest BCUT2D eigenvalue weighted by Crippen LogP contribution is 2.40. The summed E-state index contributed by atoms with van der Waals surface area (Å²) in [6, 6.07) is 15.2. The second-order valence-corrected chi connectivity index (χ2v) is 10.3. The number of aryl methyl sites for hydroxylation is 1. The minimum Gasteiger partial charge on any atom is -0.492 e. The highest BCUT2D eigenvalue weighted by Gasteiger charge is 2.36. The van der Waals surface area contributed by atoms with E-state index >= 15 is 0 Å². The molecule has 5 heteroatoms. The number of benzene rings is 2. The molecule has 5 nitrogen and oxygen atoms in total. The van der Waals surface area contributed by atoms with Gasteiger partial charge in [-0.05, 0) is 97.1 Å². The molecule has 2 aromatic carbocycles. The van der Waals surface area contributed by atoms with Crippen LogP contribution in [0.4, 0.5) is 0 Å². The predicted octanol–water partition coefficient (Wildman–Crippen LogP) is 4.77. The molecular weight excluding hydrogens is 422 g/mol. The van der Waals surface area contributed by atoms with Crippen molar-refractivity contribution in [1.29, 1.82) is 5.26 Å². The molecule has 0 saturated carbocycles. The number of likely N-dealkylation sites (tertiary alicyclic amines) is 1. The van der Waals surface area contributed by atoms with Crippen LogP contribution < -0.4 is 4.74 Å².